The zero-order chi connectivity index (χ0) is 15.2. The SMILES string of the molecule is Cc1cc(C(=O)O)cc(C)c1OCCOc1ccccc1. The summed E-state index contributed by atoms with van der Waals surface area (Å²) in [6.45, 7) is 4.52. The molecule has 4 nitrogen and oxygen atoms in total. The van der Waals surface area contributed by atoms with Gasteiger partial charge in [-0.15, -0.1) is 0 Å². The number of carboxylic acid groups (broad SMARTS) is 1. The summed E-state index contributed by atoms with van der Waals surface area (Å²) in [6.07, 6.45) is 0. The molecule has 4 heteroatoms. The maximum absolute atomic E-state index is 11.0. The van der Waals surface area contributed by atoms with E-state index >= 15 is 0 Å². The third-order valence-corrected chi connectivity index (χ3v) is 3.05. The van der Waals surface area contributed by atoms with Crippen LogP contribution >= 0.6 is 0 Å². The van der Waals surface area contributed by atoms with Gasteiger partial charge < -0.3 is 14.6 Å². The van der Waals surface area contributed by atoms with Crippen LogP contribution in [0.5, 0.6) is 11.5 Å². The van der Waals surface area contributed by atoms with E-state index in [2.05, 4.69) is 0 Å². The van der Waals surface area contributed by atoms with Crippen molar-refractivity contribution in [3.05, 3.63) is 59.2 Å². The molecule has 1 N–H and O–H groups in total. The monoisotopic (exact) mass is 286 g/mol. The molecule has 0 heterocycles. The van der Waals surface area contributed by atoms with E-state index in [1.54, 1.807) is 12.1 Å². The van der Waals surface area contributed by atoms with Crippen molar-refractivity contribution < 1.29 is 19.4 Å². The van der Waals surface area contributed by atoms with Crippen LogP contribution < -0.4 is 9.47 Å². The van der Waals surface area contributed by atoms with Crippen LogP contribution in [0.2, 0.25) is 0 Å². The minimum Gasteiger partial charge on any atom is -0.490 e. The van der Waals surface area contributed by atoms with E-state index < -0.39 is 5.97 Å². The molecule has 0 aliphatic carbocycles. The standard InChI is InChI=1S/C17H18O4/c1-12-10-14(17(18)19)11-13(2)16(12)21-9-8-20-15-6-4-3-5-7-15/h3-7,10-11H,8-9H2,1-2H3,(H,18,19). The maximum atomic E-state index is 11.0. The van der Waals surface area contributed by atoms with E-state index in [0.29, 0.717) is 13.2 Å². The van der Waals surface area contributed by atoms with Gasteiger partial charge in [0.15, 0.2) is 0 Å². The molecule has 0 radical (unpaired) electrons. The van der Waals surface area contributed by atoms with E-state index in [9.17, 15) is 4.79 Å². The predicted molar refractivity (Wildman–Crippen MR) is 80.3 cm³/mol. The lowest BCUT2D eigenvalue weighted by Gasteiger charge is -2.13. The third-order valence-electron chi connectivity index (χ3n) is 3.05. The largest absolute Gasteiger partial charge is 0.490 e. The van der Waals surface area contributed by atoms with Crippen molar-refractivity contribution >= 4 is 5.97 Å². The lowest BCUT2D eigenvalue weighted by molar-refractivity contribution is 0.0696. The molecule has 2 aromatic carbocycles. The minimum atomic E-state index is -0.930. The molecule has 21 heavy (non-hydrogen) atoms. The zero-order valence-corrected chi connectivity index (χ0v) is 12.1. The van der Waals surface area contributed by atoms with Gasteiger partial charge in [-0.2, -0.15) is 0 Å². The Morgan fingerprint density at radius 2 is 1.57 bits per heavy atom. The van der Waals surface area contributed by atoms with Gasteiger partial charge in [-0.25, -0.2) is 4.79 Å². The molecule has 0 saturated heterocycles. The molecule has 0 fully saturated rings. The fourth-order valence-electron chi connectivity index (χ4n) is 2.12. The predicted octanol–water partition coefficient (Wildman–Crippen LogP) is 3.46. The van der Waals surface area contributed by atoms with Crippen molar-refractivity contribution in [2.24, 2.45) is 0 Å². The molecule has 0 bridgehead atoms. The highest BCUT2D eigenvalue weighted by Crippen LogP contribution is 2.24. The van der Waals surface area contributed by atoms with Crippen LogP contribution in [0.3, 0.4) is 0 Å². The Hall–Kier alpha value is -2.49. The number of carbonyl (C=O) groups is 1. The summed E-state index contributed by atoms with van der Waals surface area (Å²) in [4.78, 5) is 11.0. The van der Waals surface area contributed by atoms with Gasteiger partial charge in [-0.3, -0.25) is 0 Å². The number of para-hydroxylation sites is 1. The molecule has 0 aromatic heterocycles. The molecule has 110 valence electrons. The van der Waals surface area contributed by atoms with Crippen LogP contribution in [-0.2, 0) is 0 Å². The van der Waals surface area contributed by atoms with Crippen molar-refractivity contribution in [2.45, 2.75) is 13.8 Å². The summed E-state index contributed by atoms with van der Waals surface area (Å²) in [5.41, 5.74) is 1.90. The quantitative estimate of drug-likeness (QED) is 0.826. The van der Waals surface area contributed by atoms with Crippen LogP contribution in [0, 0.1) is 13.8 Å². The van der Waals surface area contributed by atoms with Crippen molar-refractivity contribution in [3.63, 3.8) is 0 Å². The highest BCUT2D eigenvalue weighted by molar-refractivity contribution is 5.88. The topological polar surface area (TPSA) is 55.8 Å². The summed E-state index contributed by atoms with van der Waals surface area (Å²) in [6, 6.07) is 12.8. The zero-order valence-electron chi connectivity index (χ0n) is 12.1. The van der Waals surface area contributed by atoms with Crippen molar-refractivity contribution in [1.82, 2.24) is 0 Å². The molecule has 0 spiro atoms. The van der Waals surface area contributed by atoms with Gasteiger partial charge in [0.1, 0.15) is 24.7 Å². The van der Waals surface area contributed by atoms with Crippen molar-refractivity contribution in [1.29, 1.82) is 0 Å². The summed E-state index contributed by atoms with van der Waals surface area (Å²) in [7, 11) is 0. The smallest absolute Gasteiger partial charge is 0.335 e. The second-order valence-electron chi connectivity index (χ2n) is 4.75. The number of hydrogen-bond donors (Lipinski definition) is 1. The first-order chi connectivity index (χ1) is 10.1. The first-order valence-electron chi connectivity index (χ1n) is 6.73. The average molecular weight is 286 g/mol. The lowest BCUT2D eigenvalue weighted by atomic mass is 10.1. The Morgan fingerprint density at radius 3 is 2.14 bits per heavy atom. The van der Waals surface area contributed by atoms with E-state index in [1.165, 1.54) is 0 Å². The Bertz CT molecular complexity index is 597. The van der Waals surface area contributed by atoms with Crippen LogP contribution in [0.25, 0.3) is 0 Å². The molecule has 0 unspecified atom stereocenters. The number of aromatic carboxylic acids is 1. The molecule has 0 amide bonds. The number of hydrogen-bond acceptors (Lipinski definition) is 3. The van der Waals surface area contributed by atoms with Gasteiger partial charge in [-0.05, 0) is 49.2 Å². The van der Waals surface area contributed by atoms with Crippen LogP contribution in [0.1, 0.15) is 21.5 Å². The van der Waals surface area contributed by atoms with Gasteiger partial charge >= 0.3 is 5.97 Å². The Morgan fingerprint density at radius 1 is 1.00 bits per heavy atom. The molecule has 2 rings (SSSR count). The van der Waals surface area contributed by atoms with Gasteiger partial charge in [0.25, 0.3) is 0 Å². The van der Waals surface area contributed by atoms with Crippen LogP contribution in [0.4, 0.5) is 0 Å². The first-order valence-corrected chi connectivity index (χ1v) is 6.73. The van der Waals surface area contributed by atoms with Crippen LogP contribution in [-0.4, -0.2) is 24.3 Å². The fraction of sp³-hybridized carbons (Fsp3) is 0.235. The summed E-state index contributed by atoms with van der Waals surface area (Å²) in [5.74, 6) is 0.590. The fourth-order valence-corrected chi connectivity index (χ4v) is 2.12. The van der Waals surface area contributed by atoms with Crippen LogP contribution in [0.15, 0.2) is 42.5 Å². The number of aryl methyl sites for hydroxylation is 2. The van der Waals surface area contributed by atoms with Gasteiger partial charge in [0.2, 0.25) is 0 Å². The maximum Gasteiger partial charge on any atom is 0.335 e. The molecule has 0 aliphatic rings. The molecule has 0 atom stereocenters. The highest BCUT2D eigenvalue weighted by Gasteiger charge is 2.10. The molecule has 0 aliphatic heterocycles. The third kappa shape index (κ3) is 3.99. The highest BCUT2D eigenvalue weighted by atomic mass is 16.5. The van der Waals surface area contributed by atoms with E-state index in [-0.39, 0.29) is 5.56 Å². The second kappa shape index (κ2) is 6.79. The molecule has 0 saturated carbocycles. The number of rotatable bonds is 6. The van der Waals surface area contributed by atoms with Crippen molar-refractivity contribution in [3.8, 4) is 11.5 Å². The number of ether oxygens (including phenoxy) is 2. The van der Waals surface area contributed by atoms with E-state index in [4.69, 9.17) is 14.6 Å². The minimum absolute atomic E-state index is 0.276. The van der Waals surface area contributed by atoms with Gasteiger partial charge in [-0.1, -0.05) is 18.2 Å². The normalized spacial score (nSPS) is 10.2. The molecular formula is C17H18O4. The second-order valence-corrected chi connectivity index (χ2v) is 4.75. The van der Waals surface area contributed by atoms with E-state index in [0.717, 1.165) is 22.6 Å². The molecule has 2 aromatic rings. The Labute approximate surface area is 123 Å². The Kier molecular flexibility index (Phi) is 4.82. The number of benzene rings is 2. The lowest BCUT2D eigenvalue weighted by Crippen LogP contribution is -2.11. The number of carboxylic acids is 1. The summed E-state index contributed by atoms with van der Waals surface area (Å²) in [5, 5.41) is 9.00. The summed E-state index contributed by atoms with van der Waals surface area (Å²) < 4.78 is 11.3. The van der Waals surface area contributed by atoms with Gasteiger partial charge in [0.05, 0.1) is 5.56 Å². The Balaban J connectivity index is 1.93. The van der Waals surface area contributed by atoms with Gasteiger partial charge in [0, 0.05) is 0 Å². The van der Waals surface area contributed by atoms with Crippen molar-refractivity contribution in [2.75, 3.05) is 13.2 Å². The first kappa shape index (κ1) is 14.9. The molecular weight excluding hydrogens is 268 g/mol. The summed E-state index contributed by atoms with van der Waals surface area (Å²) >= 11 is 0. The van der Waals surface area contributed by atoms with E-state index in [1.807, 2.05) is 44.2 Å². The average Bonchev–Trinajstić information content (AvgIpc) is 2.46.